The number of hydrazone groups is 1. The number of hydrogen-bond acceptors (Lipinski definition) is 4. The van der Waals surface area contributed by atoms with E-state index >= 15 is 0 Å². The molecule has 1 heterocycles. The van der Waals surface area contributed by atoms with Crippen molar-refractivity contribution in [3.8, 4) is 5.75 Å². The number of aromatic hydroxyl groups is 1. The zero-order valence-electron chi connectivity index (χ0n) is 12.3. The van der Waals surface area contributed by atoms with Gasteiger partial charge in [0.25, 0.3) is 0 Å². The Morgan fingerprint density at radius 1 is 1.25 bits per heavy atom. The van der Waals surface area contributed by atoms with Gasteiger partial charge in [-0.15, -0.1) is 0 Å². The fraction of sp³-hybridized carbons (Fsp3) is 0.533. The molecule has 2 rings (SSSR count). The first-order chi connectivity index (χ1) is 9.47. The van der Waals surface area contributed by atoms with Gasteiger partial charge in [-0.3, -0.25) is 5.01 Å². The SMILES string of the molecule is CC(C)c1cc(F)c(O)c(/C=N/N2CCN(C)CC2)c1. The van der Waals surface area contributed by atoms with Gasteiger partial charge in [-0.05, 0) is 30.7 Å². The van der Waals surface area contributed by atoms with Gasteiger partial charge in [-0.2, -0.15) is 5.10 Å². The maximum Gasteiger partial charge on any atom is 0.165 e. The van der Waals surface area contributed by atoms with Gasteiger partial charge < -0.3 is 10.0 Å². The molecule has 1 aromatic rings. The summed E-state index contributed by atoms with van der Waals surface area (Å²) in [4.78, 5) is 2.24. The lowest BCUT2D eigenvalue weighted by atomic mass is 10.0. The lowest BCUT2D eigenvalue weighted by Gasteiger charge is -2.30. The second-order valence-electron chi connectivity index (χ2n) is 5.60. The van der Waals surface area contributed by atoms with Gasteiger partial charge in [-0.1, -0.05) is 13.8 Å². The third-order valence-corrected chi connectivity index (χ3v) is 3.62. The summed E-state index contributed by atoms with van der Waals surface area (Å²) in [6.45, 7) is 7.61. The molecule has 0 saturated carbocycles. The Morgan fingerprint density at radius 2 is 1.90 bits per heavy atom. The maximum atomic E-state index is 13.7. The maximum absolute atomic E-state index is 13.7. The first-order valence-corrected chi connectivity index (χ1v) is 6.97. The normalized spacial score (nSPS) is 17.4. The molecule has 110 valence electrons. The lowest BCUT2D eigenvalue weighted by molar-refractivity contribution is 0.159. The summed E-state index contributed by atoms with van der Waals surface area (Å²) in [5.74, 6) is -0.704. The van der Waals surface area contributed by atoms with Crippen LogP contribution in [-0.4, -0.2) is 54.5 Å². The van der Waals surface area contributed by atoms with Gasteiger partial charge in [0.05, 0.1) is 6.21 Å². The van der Waals surface area contributed by atoms with Crippen LogP contribution in [0.25, 0.3) is 0 Å². The first kappa shape index (κ1) is 14.8. The molecule has 1 saturated heterocycles. The molecule has 20 heavy (non-hydrogen) atoms. The fourth-order valence-electron chi connectivity index (χ4n) is 2.13. The largest absolute Gasteiger partial charge is 0.504 e. The molecule has 0 bridgehead atoms. The Morgan fingerprint density at radius 3 is 2.50 bits per heavy atom. The lowest BCUT2D eigenvalue weighted by Crippen LogP contribution is -2.41. The molecule has 4 nitrogen and oxygen atoms in total. The van der Waals surface area contributed by atoms with E-state index in [1.54, 1.807) is 12.3 Å². The Kier molecular flexibility index (Phi) is 4.60. The first-order valence-electron chi connectivity index (χ1n) is 6.97. The Balaban J connectivity index is 2.16. The number of piperazine rings is 1. The highest BCUT2D eigenvalue weighted by molar-refractivity contribution is 5.83. The van der Waals surface area contributed by atoms with Crippen LogP contribution in [0.4, 0.5) is 4.39 Å². The second kappa shape index (κ2) is 6.22. The smallest absolute Gasteiger partial charge is 0.165 e. The number of hydrogen-bond donors (Lipinski definition) is 1. The van der Waals surface area contributed by atoms with Crippen LogP contribution in [0.15, 0.2) is 17.2 Å². The standard InChI is InChI=1S/C15H22FN3O/c1-11(2)12-8-13(15(20)14(16)9-12)10-17-19-6-4-18(3)5-7-19/h8-11,20H,4-7H2,1-3H3/b17-10+. The molecule has 0 spiro atoms. The van der Waals surface area contributed by atoms with Gasteiger partial charge in [0.2, 0.25) is 0 Å². The molecule has 1 aromatic carbocycles. The van der Waals surface area contributed by atoms with E-state index in [2.05, 4.69) is 17.0 Å². The zero-order chi connectivity index (χ0) is 14.7. The van der Waals surface area contributed by atoms with Crippen molar-refractivity contribution in [1.29, 1.82) is 0 Å². The van der Waals surface area contributed by atoms with Crippen molar-refractivity contribution < 1.29 is 9.50 Å². The van der Waals surface area contributed by atoms with Crippen LogP contribution in [0, 0.1) is 5.82 Å². The predicted molar refractivity (Wildman–Crippen MR) is 78.8 cm³/mol. The van der Waals surface area contributed by atoms with E-state index in [0.29, 0.717) is 5.56 Å². The highest BCUT2D eigenvalue weighted by Crippen LogP contribution is 2.25. The molecule has 0 unspecified atom stereocenters. The summed E-state index contributed by atoms with van der Waals surface area (Å²) in [5.41, 5.74) is 1.30. The fourth-order valence-corrected chi connectivity index (χ4v) is 2.13. The molecule has 0 amide bonds. The quantitative estimate of drug-likeness (QED) is 0.862. The van der Waals surface area contributed by atoms with Crippen LogP contribution in [-0.2, 0) is 0 Å². The predicted octanol–water partition coefficient (Wildman–Crippen LogP) is 2.24. The van der Waals surface area contributed by atoms with Gasteiger partial charge >= 0.3 is 0 Å². The minimum absolute atomic E-state index is 0.209. The van der Waals surface area contributed by atoms with E-state index in [0.717, 1.165) is 31.7 Å². The topological polar surface area (TPSA) is 39.1 Å². The monoisotopic (exact) mass is 279 g/mol. The molecule has 0 aliphatic carbocycles. The molecule has 0 aromatic heterocycles. The summed E-state index contributed by atoms with van der Waals surface area (Å²) in [7, 11) is 2.08. The van der Waals surface area contributed by atoms with Crippen molar-refractivity contribution in [2.75, 3.05) is 33.2 Å². The molecule has 1 N–H and O–H groups in total. The Labute approximate surface area is 119 Å². The van der Waals surface area contributed by atoms with Crippen LogP contribution in [0.5, 0.6) is 5.75 Å². The summed E-state index contributed by atoms with van der Waals surface area (Å²) in [6.07, 6.45) is 1.55. The number of likely N-dealkylation sites (N-methyl/N-ethyl adjacent to an activating group) is 1. The van der Waals surface area contributed by atoms with Crippen molar-refractivity contribution in [3.63, 3.8) is 0 Å². The number of phenols is 1. The minimum atomic E-state index is -0.587. The van der Waals surface area contributed by atoms with Crippen molar-refractivity contribution in [2.24, 2.45) is 5.10 Å². The van der Waals surface area contributed by atoms with E-state index in [1.807, 2.05) is 18.9 Å². The molecule has 1 aliphatic rings. The summed E-state index contributed by atoms with van der Waals surface area (Å²) < 4.78 is 13.7. The molecule has 5 heteroatoms. The van der Waals surface area contributed by atoms with Crippen LogP contribution in [0.2, 0.25) is 0 Å². The van der Waals surface area contributed by atoms with E-state index in [4.69, 9.17) is 0 Å². The number of benzene rings is 1. The van der Waals surface area contributed by atoms with Gasteiger partial charge in [0.1, 0.15) is 0 Å². The number of nitrogens with zero attached hydrogens (tertiary/aromatic N) is 3. The summed E-state index contributed by atoms with van der Waals surface area (Å²) in [5, 5.41) is 16.1. The molecule has 1 aliphatic heterocycles. The number of halogens is 1. The summed E-state index contributed by atoms with van der Waals surface area (Å²) in [6, 6.07) is 3.18. The highest BCUT2D eigenvalue weighted by Gasteiger charge is 2.13. The van der Waals surface area contributed by atoms with Gasteiger partial charge in [0, 0.05) is 31.7 Å². The number of rotatable bonds is 3. The molecular weight excluding hydrogens is 257 g/mol. The molecule has 0 atom stereocenters. The zero-order valence-corrected chi connectivity index (χ0v) is 12.3. The van der Waals surface area contributed by atoms with E-state index in [1.165, 1.54) is 6.07 Å². The van der Waals surface area contributed by atoms with Crippen LogP contribution in [0.1, 0.15) is 30.9 Å². The Bertz CT molecular complexity index is 494. The third-order valence-electron chi connectivity index (χ3n) is 3.62. The number of phenolic OH excluding ortho intramolecular Hbond substituents is 1. The highest BCUT2D eigenvalue weighted by atomic mass is 19.1. The van der Waals surface area contributed by atoms with E-state index in [-0.39, 0.29) is 11.7 Å². The van der Waals surface area contributed by atoms with Crippen molar-refractivity contribution >= 4 is 6.21 Å². The van der Waals surface area contributed by atoms with Crippen molar-refractivity contribution in [1.82, 2.24) is 9.91 Å². The van der Waals surface area contributed by atoms with Crippen LogP contribution < -0.4 is 0 Å². The second-order valence-corrected chi connectivity index (χ2v) is 5.60. The van der Waals surface area contributed by atoms with Crippen molar-refractivity contribution in [3.05, 3.63) is 29.1 Å². The molecule has 1 fully saturated rings. The average Bonchev–Trinajstić information content (AvgIpc) is 2.42. The van der Waals surface area contributed by atoms with Crippen LogP contribution in [0.3, 0.4) is 0 Å². The third kappa shape index (κ3) is 3.48. The molecular formula is C15H22FN3O. The summed E-state index contributed by atoms with van der Waals surface area (Å²) >= 11 is 0. The molecule has 0 radical (unpaired) electrons. The average molecular weight is 279 g/mol. The van der Waals surface area contributed by atoms with Crippen molar-refractivity contribution in [2.45, 2.75) is 19.8 Å². The van der Waals surface area contributed by atoms with Gasteiger partial charge in [0.15, 0.2) is 11.6 Å². The van der Waals surface area contributed by atoms with E-state index in [9.17, 15) is 9.50 Å². The van der Waals surface area contributed by atoms with E-state index < -0.39 is 5.82 Å². The van der Waals surface area contributed by atoms with Gasteiger partial charge in [-0.25, -0.2) is 4.39 Å². The van der Waals surface area contributed by atoms with Crippen LogP contribution >= 0.6 is 0 Å². The Hall–Kier alpha value is -1.62. The minimum Gasteiger partial charge on any atom is -0.504 e.